The van der Waals surface area contributed by atoms with Crippen molar-refractivity contribution in [2.24, 2.45) is 0 Å². The smallest absolute Gasteiger partial charge is 0.319 e. The molecule has 0 atom stereocenters. The molecular weight excluding hydrogens is 376 g/mol. The number of hydrogen-bond donors (Lipinski definition) is 4. The monoisotopic (exact) mass is 400 g/mol. The van der Waals surface area contributed by atoms with Gasteiger partial charge in [-0.05, 0) is 44.2 Å². The van der Waals surface area contributed by atoms with Crippen LogP contribution in [0.2, 0.25) is 0 Å². The van der Waals surface area contributed by atoms with E-state index < -0.39 is 0 Å². The van der Waals surface area contributed by atoms with Crippen LogP contribution in [0.1, 0.15) is 12.5 Å². The first kappa shape index (κ1) is 21.3. The minimum Gasteiger partial charge on any atom is -0.338 e. The number of urea groups is 1. The Hall–Kier alpha value is -3.00. The lowest BCUT2D eigenvalue weighted by Crippen LogP contribution is -2.28. The highest BCUT2D eigenvalue weighted by atomic mass is 32.2. The highest BCUT2D eigenvalue weighted by molar-refractivity contribution is 8.00. The van der Waals surface area contributed by atoms with E-state index in [4.69, 9.17) is 0 Å². The van der Waals surface area contributed by atoms with E-state index in [9.17, 15) is 14.4 Å². The number of benzene rings is 2. The zero-order valence-corrected chi connectivity index (χ0v) is 16.7. The van der Waals surface area contributed by atoms with Crippen LogP contribution in [-0.4, -0.2) is 35.9 Å². The van der Waals surface area contributed by atoms with Crippen LogP contribution in [0.25, 0.3) is 0 Å². The molecule has 0 saturated carbocycles. The molecule has 0 bridgehead atoms. The molecule has 0 spiro atoms. The first-order chi connectivity index (χ1) is 13.5. The van der Waals surface area contributed by atoms with Crippen molar-refractivity contribution < 1.29 is 14.4 Å². The van der Waals surface area contributed by atoms with Crippen molar-refractivity contribution in [1.29, 1.82) is 0 Å². The fraction of sp³-hybridized carbons (Fsp3) is 0.250. The Bertz CT molecular complexity index is 824. The van der Waals surface area contributed by atoms with Crippen LogP contribution >= 0.6 is 11.8 Å². The standard InChI is InChI=1S/C20H24N4O3S/c1-3-21-20(27)24-17-6-4-5-16(11-17)23-19(26)13-28-12-18(25)22-15-9-7-14(2)8-10-15/h4-11H,3,12-13H2,1-2H3,(H,22,25)(H,23,26)(H2,21,24,27). The van der Waals surface area contributed by atoms with Gasteiger partial charge in [0.25, 0.3) is 0 Å². The van der Waals surface area contributed by atoms with Gasteiger partial charge in [0.15, 0.2) is 0 Å². The molecule has 2 aromatic carbocycles. The van der Waals surface area contributed by atoms with E-state index in [1.54, 1.807) is 24.3 Å². The third kappa shape index (κ3) is 7.71. The number of anilines is 3. The summed E-state index contributed by atoms with van der Waals surface area (Å²) < 4.78 is 0. The van der Waals surface area contributed by atoms with Gasteiger partial charge in [-0.1, -0.05) is 23.8 Å². The first-order valence-electron chi connectivity index (χ1n) is 8.85. The maximum Gasteiger partial charge on any atom is 0.319 e. The molecule has 0 saturated heterocycles. The minimum atomic E-state index is -0.305. The molecule has 2 rings (SSSR count). The molecule has 7 nitrogen and oxygen atoms in total. The summed E-state index contributed by atoms with van der Waals surface area (Å²) in [5.74, 6) is -0.0480. The predicted molar refractivity (Wildman–Crippen MR) is 115 cm³/mol. The van der Waals surface area contributed by atoms with E-state index in [0.29, 0.717) is 17.9 Å². The van der Waals surface area contributed by atoms with Crippen molar-refractivity contribution in [2.75, 3.05) is 34.0 Å². The van der Waals surface area contributed by atoms with Gasteiger partial charge in [-0.25, -0.2) is 4.79 Å². The van der Waals surface area contributed by atoms with Crippen LogP contribution in [0.3, 0.4) is 0 Å². The van der Waals surface area contributed by atoms with E-state index in [-0.39, 0.29) is 29.4 Å². The number of carbonyl (C=O) groups excluding carboxylic acids is 3. The third-order valence-electron chi connectivity index (χ3n) is 3.54. The summed E-state index contributed by atoms with van der Waals surface area (Å²) in [5.41, 5.74) is 3.00. The number of carbonyl (C=O) groups is 3. The van der Waals surface area contributed by atoms with E-state index in [0.717, 1.165) is 11.3 Å². The van der Waals surface area contributed by atoms with E-state index >= 15 is 0 Å². The second-order valence-corrected chi connectivity index (χ2v) is 7.01. The number of thioether (sulfide) groups is 1. The largest absolute Gasteiger partial charge is 0.338 e. The van der Waals surface area contributed by atoms with Gasteiger partial charge in [0.1, 0.15) is 0 Å². The van der Waals surface area contributed by atoms with E-state index in [1.165, 1.54) is 11.8 Å². The van der Waals surface area contributed by atoms with Gasteiger partial charge in [-0.2, -0.15) is 0 Å². The van der Waals surface area contributed by atoms with Crippen molar-refractivity contribution in [3.05, 3.63) is 54.1 Å². The average molecular weight is 401 g/mol. The average Bonchev–Trinajstić information content (AvgIpc) is 2.64. The summed E-state index contributed by atoms with van der Waals surface area (Å²) in [7, 11) is 0. The van der Waals surface area contributed by atoms with Gasteiger partial charge in [0, 0.05) is 23.6 Å². The molecule has 4 amide bonds. The van der Waals surface area contributed by atoms with Gasteiger partial charge in [-0.15, -0.1) is 11.8 Å². The normalized spacial score (nSPS) is 10.1. The number of rotatable bonds is 8. The van der Waals surface area contributed by atoms with E-state index in [1.807, 2.05) is 38.1 Å². The summed E-state index contributed by atoms with van der Waals surface area (Å²) in [4.78, 5) is 35.5. The Morgan fingerprint density at radius 2 is 1.39 bits per heavy atom. The lowest BCUT2D eigenvalue weighted by molar-refractivity contribution is -0.114. The summed E-state index contributed by atoms with van der Waals surface area (Å²) in [6.07, 6.45) is 0. The molecule has 28 heavy (non-hydrogen) atoms. The second kappa shape index (κ2) is 11.0. The first-order valence-corrected chi connectivity index (χ1v) is 10.0. The maximum atomic E-state index is 12.1. The molecule has 0 unspecified atom stereocenters. The molecule has 0 radical (unpaired) electrons. The zero-order chi connectivity index (χ0) is 20.4. The van der Waals surface area contributed by atoms with Gasteiger partial charge in [0.2, 0.25) is 11.8 Å². The molecule has 0 fully saturated rings. The summed E-state index contributed by atoms with van der Waals surface area (Å²) in [6, 6.07) is 14.1. The fourth-order valence-corrected chi connectivity index (χ4v) is 2.90. The quantitative estimate of drug-likeness (QED) is 0.545. The van der Waals surface area contributed by atoms with Crippen LogP contribution in [0, 0.1) is 6.92 Å². The van der Waals surface area contributed by atoms with Crippen LogP contribution in [0.5, 0.6) is 0 Å². The summed E-state index contributed by atoms with van der Waals surface area (Å²) >= 11 is 1.23. The Labute approximate surface area is 168 Å². The van der Waals surface area contributed by atoms with Crippen LogP contribution in [-0.2, 0) is 9.59 Å². The molecule has 8 heteroatoms. The Morgan fingerprint density at radius 3 is 2.00 bits per heavy atom. The van der Waals surface area contributed by atoms with Crippen molar-refractivity contribution in [3.63, 3.8) is 0 Å². The second-order valence-electron chi connectivity index (χ2n) is 6.02. The molecule has 0 aromatic heterocycles. The molecule has 4 N–H and O–H groups in total. The van der Waals surface area contributed by atoms with Crippen molar-refractivity contribution in [1.82, 2.24) is 5.32 Å². The number of nitrogens with one attached hydrogen (secondary N) is 4. The Balaban J connectivity index is 1.74. The highest BCUT2D eigenvalue weighted by Gasteiger charge is 2.08. The van der Waals surface area contributed by atoms with Gasteiger partial charge >= 0.3 is 6.03 Å². The van der Waals surface area contributed by atoms with Gasteiger partial charge < -0.3 is 21.3 Å². The number of aryl methyl sites for hydroxylation is 1. The molecule has 0 aliphatic heterocycles. The SMILES string of the molecule is CCNC(=O)Nc1cccc(NC(=O)CSCC(=O)Nc2ccc(C)cc2)c1. The van der Waals surface area contributed by atoms with Crippen LogP contribution < -0.4 is 21.3 Å². The fourth-order valence-electron chi connectivity index (χ4n) is 2.28. The number of hydrogen-bond acceptors (Lipinski definition) is 4. The molecule has 0 aliphatic carbocycles. The molecule has 2 aromatic rings. The topological polar surface area (TPSA) is 99.3 Å². The summed E-state index contributed by atoms with van der Waals surface area (Å²) in [5, 5.41) is 10.9. The lowest BCUT2D eigenvalue weighted by Gasteiger charge is -2.09. The Morgan fingerprint density at radius 1 is 0.821 bits per heavy atom. The summed E-state index contributed by atoms with van der Waals surface area (Å²) in [6.45, 7) is 4.33. The maximum absolute atomic E-state index is 12.1. The van der Waals surface area contributed by atoms with E-state index in [2.05, 4.69) is 21.3 Å². The highest BCUT2D eigenvalue weighted by Crippen LogP contribution is 2.16. The third-order valence-corrected chi connectivity index (χ3v) is 4.48. The number of amides is 4. The van der Waals surface area contributed by atoms with Crippen LogP contribution in [0.4, 0.5) is 21.9 Å². The van der Waals surface area contributed by atoms with Crippen molar-refractivity contribution in [2.45, 2.75) is 13.8 Å². The molecule has 0 heterocycles. The predicted octanol–water partition coefficient (Wildman–Crippen LogP) is 3.45. The minimum absolute atomic E-state index is 0.148. The van der Waals surface area contributed by atoms with Gasteiger partial charge in [-0.3, -0.25) is 9.59 Å². The lowest BCUT2D eigenvalue weighted by atomic mass is 10.2. The van der Waals surface area contributed by atoms with Crippen LogP contribution in [0.15, 0.2) is 48.5 Å². The van der Waals surface area contributed by atoms with Crippen molar-refractivity contribution in [3.8, 4) is 0 Å². The van der Waals surface area contributed by atoms with Crippen molar-refractivity contribution >= 4 is 46.7 Å². The zero-order valence-electron chi connectivity index (χ0n) is 15.9. The Kier molecular flexibility index (Phi) is 8.36. The molecule has 0 aliphatic rings. The molecular formula is C20H24N4O3S. The molecule has 148 valence electrons. The van der Waals surface area contributed by atoms with Gasteiger partial charge in [0.05, 0.1) is 11.5 Å².